The molecular weight excluding hydrogens is 485 g/mol. The Hall–Kier alpha value is -4.73. The van der Waals surface area contributed by atoms with Crippen LogP contribution in [0.1, 0.15) is 34.6 Å². The lowest BCUT2D eigenvalue weighted by atomic mass is 10.1. The fourth-order valence-corrected chi connectivity index (χ4v) is 4.18. The number of benzene rings is 2. The maximum absolute atomic E-state index is 13.0. The SMILES string of the molecule is C[C@@H](c1ccccn1)n1ccc(-c2nn(-c3ccc(C(F)(F)F)cc3)c3ccc(C(=O)O)cc23)cc1=O. The van der Waals surface area contributed by atoms with Crippen LogP contribution in [0.3, 0.4) is 0 Å². The molecule has 10 heteroatoms. The van der Waals surface area contributed by atoms with Crippen LogP contribution in [-0.4, -0.2) is 30.4 Å². The van der Waals surface area contributed by atoms with Gasteiger partial charge in [-0.05, 0) is 67.6 Å². The van der Waals surface area contributed by atoms with E-state index in [0.717, 1.165) is 12.1 Å². The highest BCUT2D eigenvalue weighted by atomic mass is 19.4. The predicted octanol–water partition coefficient (Wildman–Crippen LogP) is 5.58. The molecule has 186 valence electrons. The van der Waals surface area contributed by atoms with Crippen molar-refractivity contribution in [3.05, 3.63) is 112 Å². The third kappa shape index (κ3) is 4.49. The van der Waals surface area contributed by atoms with Gasteiger partial charge in [-0.3, -0.25) is 9.78 Å². The summed E-state index contributed by atoms with van der Waals surface area (Å²) >= 11 is 0. The van der Waals surface area contributed by atoms with Gasteiger partial charge in [-0.2, -0.15) is 18.3 Å². The number of halogens is 3. The molecule has 0 aliphatic heterocycles. The molecule has 5 rings (SSSR count). The molecule has 3 aromatic heterocycles. The van der Waals surface area contributed by atoms with Gasteiger partial charge in [0.2, 0.25) is 0 Å². The van der Waals surface area contributed by atoms with Crippen LogP contribution in [0.15, 0.2) is 90.0 Å². The third-order valence-electron chi connectivity index (χ3n) is 6.12. The van der Waals surface area contributed by atoms with Crippen LogP contribution in [0.4, 0.5) is 13.2 Å². The van der Waals surface area contributed by atoms with Crippen LogP contribution in [0.5, 0.6) is 0 Å². The van der Waals surface area contributed by atoms with Crippen LogP contribution in [0.25, 0.3) is 27.8 Å². The van der Waals surface area contributed by atoms with Crippen molar-refractivity contribution in [2.24, 2.45) is 0 Å². The Kier molecular flexibility index (Phi) is 5.87. The zero-order chi connectivity index (χ0) is 26.3. The molecule has 3 heterocycles. The summed E-state index contributed by atoms with van der Waals surface area (Å²) in [5.41, 5.74) is 1.20. The topological polar surface area (TPSA) is 90.0 Å². The molecule has 0 unspecified atom stereocenters. The number of fused-ring (bicyclic) bond motifs is 1. The van der Waals surface area contributed by atoms with Crippen LogP contribution < -0.4 is 5.56 Å². The number of aromatic carboxylic acids is 1. The van der Waals surface area contributed by atoms with E-state index in [0.29, 0.717) is 33.5 Å². The van der Waals surface area contributed by atoms with Crippen molar-refractivity contribution < 1.29 is 23.1 Å². The van der Waals surface area contributed by atoms with Crippen molar-refractivity contribution in [2.45, 2.75) is 19.1 Å². The number of nitrogens with zero attached hydrogens (tertiary/aromatic N) is 4. The number of hydrogen-bond donors (Lipinski definition) is 1. The Morgan fingerprint density at radius 1 is 1.00 bits per heavy atom. The summed E-state index contributed by atoms with van der Waals surface area (Å²) in [6, 6.07) is 17.0. The molecule has 0 spiro atoms. The Labute approximate surface area is 208 Å². The van der Waals surface area contributed by atoms with Crippen molar-refractivity contribution in [3.63, 3.8) is 0 Å². The minimum Gasteiger partial charge on any atom is -0.478 e. The summed E-state index contributed by atoms with van der Waals surface area (Å²) in [7, 11) is 0. The number of carboxylic acid groups (broad SMARTS) is 1. The van der Waals surface area contributed by atoms with Gasteiger partial charge in [0.05, 0.1) is 34.1 Å². The molecule has 1 atom stereocenters. The maximum atomic E-state index is 13.0. The molecule has 2 aromatic carbocycles. The van der Waals surface area contributed by atoms with Gasteiger partial charge in [-0.15, -0.1) is 0 Å². The van der Waals surface area contributed by atoms with E-state index in [1.165, 1.54) is 45.6 Å². The van der Waals surface area contributed by atoms with Gasteiger partial charge >= 0.3 is 12.1 Å². The van der Waals surface area contributed by atoms with Gasteiger partial charge < -0.3 is 9.67 Å². The number of carboxylic acids is 1. The molecule has 1 N–H and O–H groups in total. The fourth-order valence-electron chi connectivity index (χ4n) is 4.18. The molecular formula is C27H19F3N4O3. The molecule has 0 amide bonds. The van der Waals surface area contributed by atoms with Crippen molar-refractivity contribution in [1.82, 2.24) is 19.3 Å². The van der Waals surface area contributed by atoms with Gasteiger partial charge in [0, 0.05) is 29.4 Å². The maximum Gasteiger partial charge on any atom is 0.416 e. The molecule has 0 aliphatic carbocycles. The molecule has 0 bridgehead atoms. The fraction of sp³-hybridized carbons (Fsp3) is 0.111. The highest BCUT2D eigenvalue weighted by molar-refractivity contribution is 5.99. The van der Waals surface area contributed by atoms with Crippen LogP contribution in [-0.2, 0) is 6.18 Å². The molecule has 5 aromatic rings. The van der Waals surface area contributed by atoms with Crippen molar-refractivity contribution in [1.29, 1.82) is 0 Å². The first kappa shape index (κ1) is 24.0. The van der Waals surface area contributed by atoms with Gasteiger partial charge in [-0.25, -0.2) is 9.48 Å². The Balaban J connectivity index is 1.64. The van der Waals surface area contributed by atoms with E-state index >= 15 is 0 Å². The molecule has 0 radical (unpaired) electrons. The molecule has 0 aliphatic rings. The Bertz CT molecular complexity index is 1670. The van der Waals surface area contributed by atoms with E-state index in [-0.39, 0.29) is 17.2 Å². The number of rotatable bonds is 5. The first-order valence-electron chi connectivity index (χ1n) is 11.2. The molecule has 37 heavy (non-hydrogen) atoms. The summed E-state index contributed by atoms with van der Waals surface area (Å²) in [4.78, 5) is 29.0. The van der Waals surface area contributed by atoms with Gasteiger partial charge in [0.15, 0.2) is 0 Å². The van der Waals surface area contributed by atoms with Gasteiger partial charge in [-0.1, -0.05) is 6.07 Å². The summed E-state index contributed by atoms with van der Waals surface area (Å²) in [5, 5.41) is 14.5. The Morgan fingerprint density at radius 3 is 2.38 bits per heavy atom. The van der Waals surface area contributed by atoms with Crippen molar-refractivity contribution >= 4 is 16.9 Å². The second kappa shape index (κ2) is 9.05. The molecule has 0 saturated heterocycles. The van der Waals surface area contributed by atoms with Crippen molar-refractivity contribution in [3.8, 4) is 16.9 Å². The van der Waals surface area contributed by atoms with Crippen LogP contribution in [0.2, 0.25) is 0 Å². The quantitative estimate of drug-likeness (QED) is 0.338. The van der Waals surface area contributed by atoms with Gasteiger partial charge in [0.1, 0.15) is 5.69 Å². The van der Waals surface area contributed by atoms with Crippen LogP contribution >= 0.6 is 0 Å². The normalized spacial score (nSPS) is 12.5. The van der Waals surface area contributed by atoms with E-state index < -0.39 is 17.7 Å². The van der Waals surface area contributed by atoms with E-state index in [1.54, 1.807) is 24.5 Å². The lowest BCUT2D eigenvalue weighted by molar-refractivity contribution is -0.137. The Morgan fingerprint density at radius 2 is 1.76 bits per heavy atom. The van der Waals surface area contributed by atoms with Crippen molar-refractivity contribution in [2.75, 3.05) is 0 Å². The standard InChI is InChI=1S/C27H19F3N4O3/c1-16(22-4-2-3-12-31-22)33-13-11-17(15-24(33)35)25-21-14-18(26(36)37)5-10-23(21)34(32-25)20-8-6-19(7-9-20)27(28,29)30/h2-16H,1H3,(H,36,37)/t16-/m0/s1. The summed E-state index contributed by atoms with van der Waals surface area (Å²) in [5.74, 6) is -1.14. The number of alkyl halides is 3. The minimum absolute atomic E-state index is 0.0119. The molecule has 0 saturated carbocycles. The summed E-state index contributed by atoms with van der Waals surface area (Å²) < 4.78 is 42.1. The van der Waals surface area contributed by atoms with E-state index in [4.69, 9.17) is 0 Å². The average molecular weight is 504 g/mol. The zero-order valence-electron chi connectivity index (χ0n) is 19.3. The lowest BCUT2D eigenvalue weighted by Crippen LogP contribution is -2.23. The summed E-state index contributed by atoms with van der Waals surface area (Å²) in [6.07, 6.45) is -1.23. The van der Waals surface area contributed by atoms with Gasteiger partial charge in [0.25, 0.3) is 5.56 Å². The number of hydrogen-bond acceptors (Lipinski definition) is 4. The molecule has 0 fully saturated rings. The highest BCUT2D eigenvalue weighted by Crippen LogP contribution is 2.33. The van der Waals surface area contributed by atoms with E-state index in [2.05, 4.69) is 10.1 Å². The molecule has 7 nitrogen and oxygen atoms in total. The van der Waals surface area contributed by atoms with E-state index in [1.807, 2.05) is 19.1 Å². The second-order valence-corrected chi connectivity index (χ2v) is 8.43. The monoisotopic (exact) mass is 504 g/mol. The minimum atomic E-state index is -4.48. The first-order valence-corrected chi connectivity index (χ1v) is 11.2. The number of pyridine rings is 2. The average Bonchev–Trinajstić information content (AvgIpc) is 3.27. The second-order valence-electron chi connectivity index (χ2n) is 8.43. The summed E-state index contributed by atoms with van der Waals surface area (Å²) in [6.45, 7) is 1.84. The largest absolute Gasteiger partial charge is 0.478 e. The number of carbonyl (C=O) groups is 1. The zero-order valence-corrected chi connectivity index (χ0v) is 19.3. The van der Waals surface area contributed by atoms with E-state index in [9.17, 15) is 27.9 Å². The predicted molar refractivity (Wildman–Crippen MR) is 131 cm³/mol. The smallest absolute Gasteiger partial charge is 0.416 e. The van der Waals surface area contributed by atoms with Crippen LogP contribution in [0, 0.1) is 0 Å². The highest BCUT2D eigenvalue weighted by Gasteiger charge is 2.30. The lowest BCUT2D eigenvalue weighted by Gasteiger charge is -2.14. The first-order chi connectivity index (χ1) is 17.6. The number of aromatic nitrogens is 4. The third-order valence-corrected chi connectivity index (χ3v) is 6.12.